The molecule has 0 saturated carbocycles. The molecule has 2 aromatic rings. The number of carbonyl (C=O) groups excluding carboxylic acids is 1. The Labute approximate surface area is 143 Å². The first kappa shape index (κ1) is 16.4. The van der Waals surface area contributed by atoms with Crippen LogP contribution in [0.3, 0.4) is 0 Å². The van der Waals surface area contributed by atoms with E-state index < -0.39 is 16.1 Å². The van der Waals surface area contributed by atoms with E-state index in [4.69, 9.17) is 11.6 Å². The second kappa shape index (κ2) is 6.60. The zero-order valence-corrected chi connectivity index (χ0v) is 14.5. The topological polar surface area (TPSA) is 66.5 Å². The number of benzene rings is 1. The standard InChI is InChI=1S/C15H15ClN2O3S2/c16-11-5-7-12(8-6-11)17-15(19)13-3-1-9-18(13)23(20,21)14-4-2-10-22-14/h2,4-8,10,13H,1,3,9H2,(H,17,19)/t13-/m0/s1. The van der Waals surface area contributed by atoms with E-state index in [9.17, 15) is 13.2 Å². The Hall–Kier alpha value is -1.41. The first-order chi connectivity index (χ1) is 11.0. The second-order valence-corrected chi connectivity index (χ2v) is 8.70. The molecule has 1 aromatic heterocycles. The van der Waals surface area contributed by atoms with Gasteiger partial charge in [-0.3, -0.25) is 4.79 Å². The Bertz CT molecular complexity index is 789. The lowest BCUT2D eigenvalue weighted by molar-refractivity contribution is -0.119. The Kier molecular flexibility index (Phi) is 4.72. The van der Waals surface area contributed by atoms with Gasteiger partial charge in [0.05, 0.1) is 0 Å². The summed E-state index contributed by atoms with van der Waals surface area (Å²) >= 11 is 6.98. The van der Waals surface area contributed by atoms with E-state index in [-0.39, 0.29) is 10.1 Å². The summed E-state index contributed by atoms with van der Waals surface area (Å²) in [5.74, 6) is -0.315. The molecule has 0 bridgehead atoms. The Morgan fingerprint density at radius 3 is 2.65 bits per heavy atom. The molecule has 0 spiro atoms. The minimum atomic E-state index is -3.62. The molecule has 1 aliphatic rings. The van der Waals surface area contributed by atoms with Gasteiger partial charge in [-0.1, -0.05) is 17.7 Å². The number of thiophene rings is 1. The van der Waals surface area contributed by atoms with E-state index in [2.05, 4.69) is 5.32 Å². The van der Waals surface area contributed by atoms with Crippen molar-refractivity contribution in [1.29, 1.82) is 0 Å². The number of sulfonamides is 1. The highest BCUT2D eigenvalue weighted by Gasteiger charge is 2.39. The minimum absolute atomic E-state index is 0.267. The second-order valence-electron chi connectivity index (χ2n) is 5.20. The molecule has 1 amide bonds. The number of hydrogen-bond acceptors (Lipinski definition) is 4. The SMILES string of the molecule is O=C(Nc1ccc(Cl)cc1)[C@@H]1CCCN1S(=O)(=O)c1cccs1. The zero-order chi connectivity index (χ0) is 16.4. The fraction of sp³-hybridized carbons (Fsp3) is 0.267. The van der Waals surface area contributed by atoms with E-state index in [1.54, 1.807) is 41.8 Å². The van der Waals surface area contributed by atoms with Crippen LogP contribution in [0.4, 0.5) is 5.69 Å². The fourth-order valence-corrected chi connectivity index (χ4v) is 5.48. The average Bonchev–Trinajstić information content (AvgIpc) is 3.21. The molecule has 1 N–H and O–H groups in total. The van der Waals surface area contributed by atoms with Gasteiger partial charge < -0.3 is 5.32 Å². The highest BCUT2D eigenvalue weighted by atomic mass is 35.5. The predicted molar refractivity (Wildman–Crippen MR) is 91.3 cm³/mol. The number of halogens is 1. The normalized spacial score (nSPS) is 18.9. The van der Waals surface area contributed by atoms with E-state index in [1.165, 1.54) is 4.31 Å². The maximum atomic E-state index is 12.6. The van der Waals surface area contributed by atoms with Crippen molar-refractivity contribution < 1.29 is 13.2 Å². The van der Waals surface area contributed by atoms with Crippen molar-refractivity contribution in [2.45, 2.75) is 23.1 Å². The summed E-state index contributed by atoms with van der Waals surface area (Å²) in [5, 5.41) is 5.05. The molecule has 3 rings (SSSR count). The van der Waals surface area contributed by atoms with Crippen molar-refractivity contribution in [2.75, 3.05) is 11.9 Å². The molecule has 5 nitrogen and oxygen atoms in total. The highest BCUT2D eigenvalue weighted by Crippen LogP contribution is 2.29. The molecule has 1 saturated heterocycles. The third-order valence-electron chi connectivity index (χ3n) is 3.68. The molecule has 1 fully saturated rings. The van der Waals surface area contributed by atoms with Gasteiger partial charge in [0.15, 0.2) is 0 Å². The Balaban J connectivity index is 1.79. The van der Waals surface area contributed by atoms with E-state index >= 15 is 0 Å². The van der Waals surface area contributed by atoms with Crippen molar-refractivity contribution in [1.82, 2.24) is 4.31 Å². The predicted octanol–water partition coefficient (Wildman–Crippen LogP) is 3.19. The third kappa shape index (κ3) is 3.42. The molecular weight excluding hydrogens is 356 g/mol. The van der Waals surface area contributed by atoms with Gasteiger partial charge in [-0.15, -0.1) is 11.3 Å². The number of rotatable bonds is 4. The van der Waals surface area contributed by atoms with Gasteiger partial charge in [-0.25, -0.2) is 8.42 Å². The number of carbonyl (C=O) groups is 1. The van der Waals surface area contributed by atoms with Crippen LogP contribution in [0.5, 0.6) is 0 Å². The zero-order valence-electron chi connectivity index (χ0n) is 12.1. The van der Waals surface area contributed by atoms with E-state index in [1.807, 2.05) is 0 Å². The summed E-state index contributed by atoms with van der Waals surface area (Å²) in [6, 6.07) is 9.29. The van der Waals surface area contributed by atoms with Crippen LogP contribution in [0.2, 0.25) is 5.02 Å². The largest absolute Gasteiger partial charge is 0.325 e. The van der Waals surface area contributed by atoms with Gasteiger partial charge in [-0.2, -0.15) is 4.31 Å². The average molecular weight is 371 g/mol. The Morgan fingerprint density at radius 1 is 1.26 bits per heavy atom. The molecule has 0 radical (unpaired) electrons. The van der Waals surface area contributed by atoms with Crippen molar-refractivity contribution >= 4 is 44.6 Å². The summed E-state index contributed by atoms with van der Waals surface area (Å²) in [7, 11) is -3.62. The molecule has 1 aliphatic heterocycles. The van der Waals surface area contributed by atoms with Gasteiger partial charge in [0.2, 0.25) is 5.91 Å². The van der Waals surface area contributed by atoms with E-state index in [0.717, 1.165) is 11.3 Å². The van der Waals surface area contributed by atoms with E-state index in [0.29, 0.717) is 30.1 Å². The lowest BCUT2D eigenvalue weighted by Crippen LogP contribution is -2.42. The minimum Gasteiger partial charge on any atom is -0.325 e. The Morgan fingerprint density at radius 2 is 2.00 bits per heavy atom. The van der Waals surface area contributed by atoms with Crippen molar-refractivity contribution in [2.24, 2.45) is 0 Å². The number of nitrogens with zero attached hydrogens (tertiary/aromatic N) is 1. The first-order valence-corrected chi connectivity index (χ1v) is 9.80. The maximum absolute atomic E-state index is 12.6. The number of nitrogens with one attached hydrogen (secondary N) is 1. The summed E-state index contributed by atoms with van der Waals surface area (Å²) in [6.45, 7) is 0.360. The molecule has 1 aromatic carbocycles. The molecule has 8 heteroatoms. The van der Waals surface area contributed by atoms with Gasteiger partial charge in [0, 0.05) is 17.3 Å². The molecule has 0 aliphatic carbocycles. The van der Waals surface area contributed by atoms with Gasteiger partial charge >= 0.3 is 0 Å². The quantitative estimate of drug-likeness (QED) is 0.898. The number of anilines is 1. The van der Waals surface area contributed by atoms with Crippen LogP contribution in [0.15, 0.2) is 46.0 Å². The molecule has 0 unspecified atom stereocenters. The summed E-state index contributed by atoms with van der Waals surface area (Å²) in [4.78, 5) is 12.5. The monoisotopic (exact) mass is 370 g/mol. The maximum Gasteiger partial charge on any atom is 0.253 e. The van der Waals surface area contributed by atoms with Crippen LogP contribution in [-0.2, 0) is 14.8 Å². The molecular formula is C15H15ClN2O3S2. The molecule has 1 atom stereocenters. The van der Waals surface area contributed by atoms with Crippen LogP contribution in [0.1, 0.15) is 12.8 Å². The van der Waals surface area contributed by atoms with Crippen molar-refractivity contribution in [3.05, 3.63) is 46.8 Å². The number of amides is 1. The summed E-state index contributed by atoms with van der Waals surface area (Å²) in [5.41, 5.74) is 0.597. The third-order valence-corrected chi connectivity index (χ3v) is 7.21. The smallest absolute Gasteiger partial charge is 0.253 e. The first-order valence-electron chi connectivity index (χ1n) is 7.10. The highest BCUT2D eigenvalue weighted by molar-refractivity contribution is 7.91. The summed E-state index contributed by atoms with van der Waals surface area (Å²) in [6.07, 6.45) is 1.19. The van der Waals surface area contributed by atoms with Gasteiger partial charge in [-0.05, 0) is 48.6 Å². The van der Waals surface area contributed by atoms with Crippen molar-refractivity contribution in [3.8, 4) is 0 Å². The molecule has 122 valence electrons. The van der Waals surface area contributed by atoms with Crippen molar-refractivity contribution in [3.63, 3.8) is 0 Å². The molecule has 23 heavy (non-hydrogen) atoms. The van der Waals surface area contributed by atoms with Crippen LogP contribution < -0.4 is 5.32 Å². The van der Waals surface area contributed by atoms with Crippen LogP contribution in [0.25, 0.3) is 0 Å². The fourth-order valence-electron chi connectivity index (χ4n) is 2.57. The van der Waals surface area contributed by atoms with Crippen LogP contribution in [0, 0.1) is 0 Å². The molecule has 2 heterocycles. The number of hydrogen-bond donors (Lipinski definition) is 1. The summed E-state index contributed by atoms with van der Waals surface area (Å²) < 4.78 is 26.9. The van der Waals surface area contributed by atoms with Gasteiger partial charge in [0.1, 0.15) is 10.3 Å². The van der Waals surface area contributed by atoms with Gasteiger partial charge in [0.25, 0.3) is 10.0 Å². The lowest BCUT2D eigenvalue weighted by Gasteiger charge is -2.22. The van der Waals surface area contributed by atoms with Crippen LogP contribution in [-0.4, -0.2) is 31.2 Å². The van der Waals surface area contributed by atoms with Crippen LogP contribution >= 0.6 is 22.9 Å². The lowest BCUT2D eigenvalue weighted by atomic mass is 10.2.